The van der Waals surface area contributed by atoms with Crippen LogP contribution in [-0.2, 0) is 33.5 Å². The Morgan fingerprint density at radius 2 is 1.62 bits per heavy atom. The molecule has 5 fully saturated rings. The number of piperidine rings is 2. The third kappa shape index (κ3) is 8.78. The van der Waals surface area contributed by atoms with Gasteiger partial charge in [-0.05, 0) is 61.7 Å². The van der Waals surface area contributed by atoms with Gasteiger partial charge in [-0.25, -0.2) is 4.79 Å². The Bertz CT molecular complexity index is 1450. The van der Waals surface area contributed by atoms with Gasteiger partial charge in [0.1, 0.15) is 12.1 Å². The Balaban J connectivity index is 1.37. The molecule has 0 aromatic carbocycles. The molecular weight excluding hydrogens is 680 g/mol. The number of rotatable bonds is 8. The van der Waals surface area contributed by atoms with E-state index < -0.39 is 65.2 Å². The zero-order valence-electron chi connectivity index (χ0n) is 32.3. The summed E-state index contributed by atoms with van der Waals surface area (Å²) in [6.45, 7) is 15.9. The normalized spacial score (nSPS) is 32.6. The summed E-state index contributed by atoms with van der Waals surface area (Å²) < 4.78 is 6.16. The van der Waals surface area contributed by atoms with Crippen molar-refractivity contribution in [3.05, 3.63) is 12.7 Å². The molecule has 0 radical (unpaired) electrons. The number of carbonyl (C=O) groups excluding carboxylic acids is 7. The van der Waals surface area contributed by atoms with Gasteiger partial charge in [0.25, 0.3) is 5.91 Å². The van der Waals surface area contributed by atoms with Gasteiger partial charge in [-0.2, -0.15) is 0 Å². The van der Waals surface area contributed by atoms with Gasteiger partial charge in [0.15, 0.2) is 0 Å². The Hall–Kier alpha value is -3.81. The van der Waals surface area contributed by atoms with Crippen LogP contribution in [0.25, 0.3) is 0 Å². The molecule has 2 aliphatic carbocycles. The number of nitrogens with one attached hydrogen (secondary N) is 4. The highest BCUT2D eigenvalue weighted by molar-refractivity contribution is 6.38. The summed E-state index contributed by atoms with van der Waals surface area (Å²) in [5.74, 6) is -3.43. The fraction of sp³-hybridized carbons (Fsp3) is 0.769. The van der Waals surface area contributed by atoms with Crippen LogP contribution in [0.1, 0.15) is 99.3 Å². The van der Waals surface area contributed by atoms with Gasteiger partial charge in [-0.3, -0.25) is 33.7 Å². The minimum Gasteiger partial charge on any atom is -0.376 e. The molecule has 14 heteroatoms. The summed E-state index contributed by atoms with van der Waals surface area (Å²) >= 11 is 0. The predicted molar refractivity (Wildman–Crippen MR) is 196 cm³/mol. The van der Waals surface area contributed by atoms with E-state index >= 15 is 0 Å². The summed E-state index contributed by atoms with van der Waals surface area (Å²) in [7, 11) is 0. The quantitative estimate of drug-likeness (QED) is 0.166. The Labute approximate surface area is 313 Å². The molecule has 0 aromatic heterocycles. The van der Waals surface area contributed by atoms with Crippen LogP contribution in [0.5, 0.6) is 0 Å². The van der Waals surface area contributed by atoms with E-state index in [1.165, 1.54) is 15.9 Å². The molecule has 0 aromatic rings. The van der Waals surface area contributed by atoms with Crippen molar-refractivity contribution >= 4 is 41.4 Å². The maximum Gasteiger partial charge on any atom is 0.315 e. The highest BCUT2D eigenvalue weighted by Crippen LogP contribution is 2.65. The Morgan fingerprint density at radius 1 is 0.981 bits per heavy atom. The van der Waals surface area contributed by atoms with Crippen LogP contribution >= 0.6 is 0 Å². The number of ketones is 1. The second kappa shape index (κ2) is 16.3. The number of urea groups is 1. The number of hydrogen-bond acceptors (Lipinski definition) is 8. The van der Waals surface area contributed by atoms with Crippen LogP contribution in [0.15, 0.2) is 12.7 Å². The molecule has 2 unspecified atom stereocenters. The van der Waals surface area contributed by atoms with E-state index in [4.69, 9.17) is 4.74 Å². The molecule has 9 atom stereocenters. The maximum absolute atomic E-state index is 14.6. The van der Waals surface area contributed by atoms with Gasteiger partial charge in [-0.1, -0.05) is 66.4 Å². The second-order valence-corrected chi connectivity index (χ2v) is 17.5. The number of hydrogen-bond donors (Lipinski definition) is 4. The first-order chi connectivity index (χ1) is 25.0. The Morgan fingerprint density at radius 3 is 2.26 bits per heavy atom. The number of imide groups is 1. The van der Waals surface area contributed by atoms with Crippen LogP contribution < -0.4 is 21.3 Å². The Kier molecular flexibility index (Phi) is 12.4. The van der Waals surface area contributed by atoms with Crippen molar-refractivity contribution in [2.45, 2.75) is 130 Å². The van der Waals surface area contributed by atoms with Crippen LogP contribution in [0.3, 0.4) is 0 Å². The lowest BCUT2D eigenvalue weighted by atomic mass is 9.85. The lowest BCUT2D eigenvalue weighted by Crippen LogP contribution is -2.63. The van der Waals surface area contributed by atoms with Gasteiger partial charge in [0.05, 0.1) is 18.2 Å². The molecule has 3 aliphatic heterocycles. The van der Waals surface area contributed by atoms with Crippen molar-refractivity contribution in [2.24, 2.45) is 34.5 Å². The highest BCUT2D eigenvalue weighted by Gasteiger charge is 2.69. The number of Topliss-reactive ketones (excluding diaryl/α,β-unsaturated/α-hetero) is 1. The summed E-state index contributed by atoms with van der Waals surface area (Å²) in [6.07, 6.45) is 6.80. The van der Waals surface area contributed by atoms with Gasteiger partial charge >= 0.3 is 6.03 Å². The van der Waals surface area contributed by atoms with Crippen molar-refractivity contribution in [1.82, 2.24) is 31.1 Å². The molecule has 3 heterocycles. The first kappa shape index (κ1) is 40.4. The minimum atomic E-state index is -1.17. The highest BCUT2D eigenvalue weighted by atomic mass is 16.5. The van der Waals surface area contributed by atoms with E-state index in [2.05, 4.69) is 27.8 Å². The predicted octanol–water partition coefficient (Wildman–Crippen LogP) is 2.45. The summed E-state index contributed by atoms with van der Waals surface area (Å²) in [5.41, 5.74) is -0.784. The lowest BCUT2D eigenvalue weighted by Gasteiger charge is -2.39. The molecule has 4 N–H and O–H groups in total. The number of fused-ring (bicyclic) bond motifs is 5. The molecule has 14 nitrogen and oxygen atoms in total. The van der Waals surface area contributed by atoms with Gasteiger partial charge in [-0.15, -0.1) is 6.58 Å². The summed E-state index contributed by atoms with van der Waals surface area (Å²) in [4.78, 5) is 97.8. The zero-order valence-corrected chi connectivity index (χ0v) is 32.3. The van der Waals surface area contributed by atoms with Crippen LogP contribution in [0, 0.1) is 34.5 Å². The fourth-order valence-electron chi connectivity index (χ4n) is 8.87. The molecule has 5 rings (SSSR count). The number of nitrogens with zero attached hydrogens (tertiary/aromatic N) is 2. The van der Waals surface area contributed by atoms with Crippen molar-refractivity contribution in [1.29, 1.82) is 0 Å². The van der Waals surface area contributed by atoms with Crippen LogP contribution in [-0.4, -0.2) is 108 Å². The minimum absolute atomic E-state index is 0.0184. The van der Waals surface area contributed by atoms with Crippen molar-refractivity contribution < 1.29 is 38.3 Å². The van der Waals surface area contributed by atoms with Crippen molar-refractivity contribution in [2.75, 3.05) is 26.2 Å². The average Bonchev–Trinajstić information content (AvgIpc) is 3.48. The monoisotopic (exact) mass is 740 g/mol. The first-order valence-electron chi connectivity index (χ1n) is 19.5. The number of amides is 7. The third-order valence-corrected chi connectivity index (χ3v) is 12.4. The van der Waals surface area contributed by atoms with Gasteiger partial charge in [0.2, 0.25) is 29.4 Å². The van der Waals surface area contributed by atoms with E-state index in [1.54, 1.807) is 6.92 Å². The van der Waals surface area contributed by atoms with E-state index in [9.17, 15) is 33.6 Å². The molecule has 3 saturated heterocycles. The number of carbonyl (C=O) groups is 7. The molecule has 0 spiro atoms. The van der Waals surface area contributed by atoms with E-state index in [0.29, 0.717) is 32.3 Å². The molecule has 5 aliphatic rings. The van der Waals surface area contributed by atoms with Crippen LogP contribution in [0.2, 0.25) is 0 Å². The fourth-order valence-corrected chi connectivity index (χ4v) is 8.87. The van der Waals surface area contributed by atoms with E-state index in [0.717, 1.165) is 25.7 Å². The zero-order chi connectivity index (χ0) is 38.8. The standard InChI is InChI=1S/C39H60N6O8/c1-8-17-40-33(48)31(46)26-14-12-10-9-11-13-18-53-22(2)29(36(51)44-20-25-28(39(25,6)7)30(44)32(47)41-26)43-37(52)42-27(38(3,4)5)21-45-34(49)23-15-16-24(19-23)35(45)50/h8,22-30H,1,9-21H2,2-7H3,(H,40,48)(H,41,47)(H2,42,43,52)/t22-,23?,24?,25-,26-,27+,28-,29-,30-/m0/s1. The molecule has 294 valence electrons. The lowest BCUT2D eigenvalue weighted by molar-refractivity contribution is -0.153. The number of likely N-dealkylation sites (tertiary alicyclic amines) is 1. The van der Waals surface area contributed by atoms with Gasteiger partial charge < -0.3 is 30.9 Å². The first-order valence-corrected chi connectivity index (χ1v) is 19.5. The second-order valence-electron chi connectivity index (χ2n) is 17.5. The molecule has 2 bridgehead atoms. The van der Waals surface area contributed by atoms with E-state index in [-0.39, 0.29) is 67.0 Å². The SMILES string of the molecule is C=CCNC(=O)C(=O)[C@@H]1CCCCCCCO[C@@H](C)[C@H](NC(=O)N[C@H](CN2C(=O)C3CCC(C3)C2=O)C(C)(C)C)C(=O)N2C[C@H]3[C@@H]([C@H]2C(=O)N1)C3(C)C. The molecular formula is C39H60N6O8. The van der Waals surface area contributed by atoms with Crippen molar-refractivity contribution in [3.63, 3.8) is 0 Å². The van der Waals surface area contributed by atoms with E-state index in [1.807, 2.05) is 34.6 Å². The molecule has 2 saturated carbocycles. The molecule has 7 amide bonds. The number of ether oxygens (including phenoxy) is 1. The maximum atomic E-state index is 14.6. The largest absolute Gasteiger partial charge is 0.376 e. The summed E-state index contributed by atoms with van der Waals surface area (Å²) in [6, 6.07) is -4.42. The average molecular weight is 741 g/mol. The van der Waals surface area contributed by atoms with Crippen LogP contribution in [0.4, 0.5) is 4.79 Å². The smallest absolute Gasteiger partial charge is 0.315 e. The van der Waals surface area contributed by atoms with Crippen molar-refractivity contribution in [3.8, 4) is 0 Å². The van der Waals surface area contributed by atoms with Gasteiger partial charge in [0, 0.05) is 38.1 Å². The topological polar surface area (TPSA) is 183 Å². The molecule has 53 heavy (non-hydrogen) atoms. The summed E-state index contributed by atoms with van der Waals surface area (Å²) in [5, 5.41) is 11.2. The third-order valence-electron chi connectivity index (χ3n) is 12.4.